The number of anilines is 2. The maximum atomic E-state index is 9.44. The molecule has 0 spiro atoms. The molecule has 1 aliphatic rings. The SMILES string of the molecule is Oc1ccc(NC2CCN(c3ccccc3)CC2)cc1Cl. The van der Waals surface area contributed by atoms with Crippen LogP contribution in [0.2, 0.25) is 5.02 Å². The van der Waals surface area contributed by atoms with Gasteiger partial charge in [0.25, 0.3) is 0 Å². The van der Waals surface area contributed by atoms with Crippen LogP contribution in [0.4, 0.5) is 11.4 Å². The summed E-state index contributed by atoms with van der Waals surface area (Å²) in [4.78, 5) is 2.42. The van der Waals surface area contributed by atoms with Crippen molar-refractivity contribution in [2.75, 3.05) is 23.3 Å². The predicted molar refractivity (Wildman–Crippen MR) is 88.4 cm³/mol. The third-order valence-corrected chi connectivity index (χ3v) is 4.24. The molecule has 3 rings (SSSR count). The summed E-state index contributed by atoms with van der Waals surface area (Å²) < 4.78 is 0. The Morgan fingerprint density at radius 2 is 1.76 bits per heavy atom. The minimum atomic E-state index is 0.126. The molecule has 21 heavy (non-hydrogen) atoms. The van der Waals surface area contributed by atoms with Crippen LogP contribution in [0, 0.1) is 0 Å². The number of rotatable bonds is 3. The molecule has 2 aromatic carbocycles. The van der Waals surface area contributed by atoms with Crippen LogP contribution in [0.3, 0.4) is 0 Å². The zero-order valence-electron chi connectivity index (χ0n) is 11.8. The molecule has 0 aliphatic carbocycles. The van der Waals surface area contributed by atoms with Crippen LogP contribution in [-0.2, 0) is 0 Å². The summed E-state index contributed by atoms with van der Waals surface area (Å²) in [7, 11) is 0. The quantitative estimate of drug-likeness (QED) is 0.837. The Morgan fingerprint density at radius 1 is 1.05 bits per heavy atom. The van der Waals surface area contributed by atoms with Crippen molar-refractivity contribution in [3.63, 3.8) is 0 Å². The molecule has 0 unspecified atom stereocenters. The van der Waals surface area contributed by atoms with E-state index < -0.39 is 0 Å². The van der Waals surface area contributed by atoms with Gasteiger partial charge in [-0.25, -0.2) is 0 Å². The lowest BCUT2D eigenvalue weighted by Crippen LogP contribution is -2.39. The first kappa shape index (κ1) is 14.1. The number of nitrogens with zero attached hydrogens (tertiary/aromatic N) is 1. The second kappa shape index (κ2) is 6.27. The van der Waals surface area contributed by atoms with Crippen molar-refractivity contribution in [3.8, 4) is 5.75 Å². The van der Waals surface area contributed by atoms with Crippen LogP contribution in [0.1, 0.15) is 12.8 Å². The summed E-state index contributed by atoms with van der Waals surface area (Å²) >= 11 is 5.94. The summed E-state index contributed by atoms with van der Waals surface area (Å²) in [6.07, 6.45) is 2.18. The largest absolute Gasteiger partial charge is 0.506 e. The Balaban J connectivity index is 1.57. The predicted octanol–water partition coefficient (Wildman–Crippen LogP) is 4.13. The molecular weight excluding hydrogens is 284 g/mol. The minimum Gasteiger partial charge on any atom is -0.506 e. The Morgan fingerprint density at radius 3 is 2.43 bits per heavy atom. The summed E-state index contributed by atoms with van der Waals surface area (Å²) in [5.41, 5.74) is 2.26. The van der Waals surface area contributed by atoms with Crippen LogP contribution in [0.25, 0.3) is 0 Å². The molecule has 2 N–H and O–H groups in total. The van der Waals surface area contributed by atoms with E-state index in [2.05, 4.69) is 34.5 Å². The maximum Gasteiger partial charge on any atom is 0.134 e. The van der Waals surface area contributed by atoms with E-state index in [1.54, 1.807) is 12.1 Å². The molecule has 0 aromatic heterocycles. The molecular formula is C17H19ClN2O. The summed E-state index contributed by atoms with van der Waals surface area (Å²) in [6, 6.07) is 16.3. The third-order valence-electron chi connectivity index (χ3n) is 3.93. The number of hydrogen-bond donors (Lipinski definition) is 2. The lowest BCUT2D eigenvalue weighted by atomic mass is 10.0. The fraction of sp³-hybridized carbons (Fsp3) is 0.294. The van der Waals surface area contributed by atoms with Crippen molar-refractivity contribution in [2.24, 2.45) is 0 Å². The second-order valence-electron chi connectivity index (χ2n) is 5.41. The van der Waals surface area contributed by atoms with Gasteiger partial charge < -0.3 is 15.3 Å². The highest BCUT2D eigenvalue weighted by Gasteiger charge is 2.19. The van der Waals surface area contributed by atoms with Crippen molar-refractivity contribution in [3.05, 3.63) is 53.6 Å². The van der Waals surface area contributed by atoms with Crippen LogP contribution in [0.5, 0.6) is 5.75 Å². The first-order valence-electron chi connectivity index (χ1n) is 7.27. The van der Waals surface area contributed by atoms with Crippen molar-refractivity contribution in [1.29, 1.82) is 0 Å². The smallest absolute Gasteiger partial charge is 0.134 e. The average molecular weight is 303 g/mol. The fourth-order valence-electron chi connectivity index (χ4n) is 2.75. The van der Waals surface area contributed by atoms with E-state index in [1.807, 2.05) is 12.1 Å². The number of halogens is 1. The Labute approximate surface area is 130 Å². The molecule has 0 radical (unpaired) electrons. The summed E-state index contributed by atoms with van der Waals surface area (Å²) in [5, 5.41) is 13.3. The highest BCUT2D eigenvalue weighted by atomic mass is 35.5. The molecule has 0 saturated carbocycles. The molecule has 2 aromatic rings. The van der Waals surface area contributed by atoms with E-state index in [0.29, 0.717) is 11.1 Å². The van der Waals surface area contributed by atoms with Gasteiger partial charge in [0.05, 0.1) is 5.02 Å². The first-order chi connectivity index (χ1) is 10.2. The van der Waals surface area contributed by atoms with Crippen LogP contribution in [-0.4, -0.2) is 24.2 Å². The first-order valence-corrected chi connectivity index (χ1v) is 7.65. The topological polar surface area (TPSA) is 35.5 Å². The standard InChI is InChI=1S/C17H19ClN2O/c18-16-12-14(6-7-17(16)21)19-13-8-10-20(11-9-13)15-4-2-1-3-5-15/h1-7,12-13,19,21H,8-11H2. The third kappa shape index (κ3) is 3.42. The zero-order chi connectivity index (χ0) is 14.7. The molecule has 0 atom stereocenters. The van der Waals surface area contributed by atoms with Gasteiger partial charge in [0.2, 0.25) is 0 Å². The molecule has 0 amide bonds. The normalized spacial score (nSPS) is 16.0. The van der Waals surface area contributed by atoms with E-state index in [1.165, 1.54) is 5.69 Å². The summed E-state index contributed by atoms with van der Waals surface area (Å²) in [6.45, 7) is 2.10. The number of benzene rings is 2. The number of piperidine rings is 1. The van der Waals surface area contributed by atoms with Crippen molar-refractivity contribution in [1.82, 2.24) is 0 Å². The van der Waals surface area contributed by atoms with Gasteiger partial charge in [-0.2, -0.15) is 0 Å². The van der Waals surface area contributed by atoms with Gasteiger partial charge in [0.1, 0.15) is 5.75 Å². The molecule has 110 valence electrons. The lowest BCUT2D eigenvalue weighted by molar-refractivity contribution is 0.475. The van der Waals surface area contributed by atoms with E-state index in [0.717, 1.165) is 31.6 Å². The van der Waals surface area contributed by atoms with Crippen LogP contribution in [0.15, 0.2) is 48.5 Å². The minimum absolute atomic E-state index is 0.126. The number of para-hydroxylation sites is 1. The van der Waals surface area contributed by atoms with Gasteiger partial charge in [-0.05, 0) is 43.2 Å². The van der Waals surface area contributed by atoms with Crippen molar-refractivity contribution < 1.29 is 5.11 Å². The maximum absolute atomic E-state index is 9.44. The summed E-state index contributed by atoms with van der Waals surface area (Å²) in [5.74, 6) is 0.126. The van der Waals surface area contributed by atoms with Gasteiger partial charge in [0.15, 0.2) is 0 Å². The van der Waals surface area contributed by atoms with Crippen LogP contribution >= 0.6 is 11.6 Å². The van der Waals surface area contributed by atoms with Crippen molar-refractivity contribution >= 4 is 23.0 Å². The molecule has 1 aliphatic heterocycles. The number of phenolic OH excluding ortho intramolecular Hbond substituents is 1. The highest BCUT2D eigenvalue weighted by molar-refractivity contribution is 6.32. The van der Waals surface area contributed by atoms with E-state index in [-0.39, 0.29) is 5.75 Å². The Kier molecular flexibility index (Phi) is 4.20. The lowest BCUT2D eigenvalue weighted by Gasteiger charge is -2.34. The van der Waals surface area contributed by atoms with Gasteiger partial charge in [-0.1, -0.05) is 29.8 Å². The monoisotopic (exact) mass is 302 g/mol. The fourth-order valence-corrected chi connectivity index (χ4v) is 2.93. The van der Waals surface area contributed by atoms with Gasteiger partial charge in [-0.15, -0.1) is 0 Å². The molecule has 1 saturated heterocycles. The van der Waals surface area contributed by atoms with Gasteiger partial charge in [-0.3, -0.25) is 0 Å². The Hall–Kier alpha value is -1.87. The highest BCUT2D eigenvalue weighted by Crippen LogP contribution is 2.28. The number of aromatic hydroxyl groups is 1. The van der Waals surface area contributed by atoms with Gasteiger partial charge in [0, 0.05) is 30.5 Å². The number of hydrogen-bond acceptors (Lipinski definition) is 3. The molecule has 1 fully saturated rings. The molecule has 1 heterocycles. The van der Waals surface area contributed by atoms with Crippen LogP contribution < -0.4 is 10.2 Å². The Bertz CT molecular complexity index is 595. The number of phenols is 1. The molecule has 3 nitrogen and oxygen atoms in total. The number of nitrogens with one attached hydrogen (secondary N) is 1. The van der Waals surface area contributed by atoms with E-state index >= 15 is 0 Å². The zero-order valence-corrected chi connectivity index (χ0v) is 12.6. The van der Waals surface area contributed by atoms with E-state index in [9.17, 15) is 5.11 Å². The van der Waals surface area contributed by atoms with Gasteiger partial charge >= 0.3 is 0 Å². The molecule has 0 bridgehead atoms. The van der Waals surface area contributed by atoms with Crippen molar-refractivity contribution in [2.45, 2.75) is 18.9 Å². The average Bonchev–Trinajstić information content (AvgIpc) is 2.53. The second-order valence-corrected chi connectivity index (χ2v) is 5.81. The van der Waals surface area contributed by atoms with E-state index in [4.69, 9.17) is 11.6 Å². The molecule has 4 heteroatoms.